The largest absolute Gasteiger partial charge is 0.350 e. The minimum atomic E-state index is -0.343. The maximum atomic E-state index is 13.0. The first-order valence-corrected chi connectivity index (χ1v) is 9.34. The molecule has 0 saturated heterocycles. The van der Waals surface area contributed by atoms with E-state index in [1.807, 2.05) is 13.8 Å². The van der Waals surface area contributed by atoms with Crippen LogP contribution in [0.4, 0.5) is 4.39 Å². The molecule has 3 aromatic rings. The predicted octanol–water partition coefficient (Wildman–Crippen LogP) is 2.93. The fraction of sp³-hybridized carbons (Fsp3) is 0.286. The second-order valence-corrected chi connectivity index (χ2v) is 6.35. The Bertz CT molecular complexity index is 978. The third-order valence-corrected chi connectivity index (χ3v) is 4.62. The second-order valence-electron chi connectivity index (χ2n) is 6.35. The highest BCUT2D eigenvalue weighted by molar-refractivity contribution is 6.02. The van der Waals surface area contributed by atoms with Gasteiger partial charge in [-0.1, -0.05) is 18.2 Å². The van der Waals surface area contributed by atoms with Crippen LogP contribution < -0.4 is 5.32 Å². The molecule has 0 aliphatic rings. The average Bonchev–Trinajstić information content (AvgIpc) is 3.10. The lowest BCUT2D eigenvalue weighted by Gasteiger charge is -2.17. The van der Waals surface area contributed by atoms with Crippen molar-refractivity contribution in [3.63, 3.8) is 0 Å². The number of fused-ring (bicyclic) bond motifs is 1. The average molecular weight is 382 g/mol. The molecule has 146 valence electrons. The van der Waals surface area contributed by atoms with Crippen LogP contribution >= 0.6 is 0 Å². The Morgan fingerprint density at radius 2 is 1.82 bits per heavy atom. The quantitative estimate of drug-likeness (QED) is 0.683. The van der Waals surface area contributed by atoms with Crippen LogP contribution in [0.2, 0.25) is 0 Å². The SMILES string of the molecule is CCN(CC)C(=O)c1nc(C(=O)NCCc2ccc(F)cc2)c2ccccn12. The number of carbonyl (C=O) groups excluding carboxylic acids is 2. The fourth-order valence-corrected chi connectivity index (χ4v) is 3.06. The number of hydrogen-bond donors (Lipinski definition) is 1. The molecule has 0 aliphatic heterocycles. The number of imidazole rings is 1. The third-order valence-electron chi connectivity index (χ3n) is 4.62. The van der Waals surface area contributed by atoms with Gasteiger partial charge in [0.2, 0.25) is 5.82 Å². The number of nitrogens with one attached hydrogen (secondary N) is 1. The van der Waals surface area contributed by atoms with Crippen molar-refractivity contribution >= 4 is 17.3 Å². The summed E-state index contributed by atoms with van der Waals surface area (Å²) in [5.74, 6) is -0.619. The molecule has 0 saturated carbocycles. The molecule has 6 nitrogen and oxygen atoms in total. The molecule has 7 heteroatoms. The van der Waals surface area contributed by atoms with Crippen LogP contribution in [0.5, 0.6) is 0 Å². The normalized spacial score (nSPS) is 10.8. The van der Waals surface area contributed by atoms with Gasteiger partial charge in [0.25, 0.3) is 11.8 Å². The maximum Gasteiger partial charge on any atom is 0.290 e. The molecule has 0 atom stereocenters. The second kappa shape index (κ2) is 8.65. The summed E-state index contributed by atoms with van der Waals surface area (Å²) in [6.07, 6.45) is 2.30. The number of aromatic nitrogens is 2. The highest BCUT2D eigenvalue weighted by Crippen LogP contribution is 2.15. The van der Waals surface area contributed by atoms with E-state index < -0.39 is 0 Å². The standard InChI is InChI=1S/C21H23FN4O2/c1-3-25(4-2)21(28)19-24-18(17-7-5-6-14-26(17)19)20(27)23-13-12-15-8-10-16(22)11-9-15/h5-11,14H,3-4,12-13H2,1-2H3,(H,23,27). The topological polar surface area (TPSA) is 66.7 Å². The third kappa shape index (κ3) is 4.03. The molecular formula is C21H23FN4O2. The van der Waals surface area contributed by atoms with Gasteiger partial charge in [-0.25, -0.2) is 9.37 Å². The minimum Gasteiger partial charge on any atom is -0.350 e. The summed E-state index contributed by atoms with van der Waals surface area (Å²) in [6.45, 7) is 5.32. The Balaban J connectivity index is 1.79. The first-order chi connectivity index (χ1) is 13.5. The van der Waals surface area contributed by atoms with Crippen molar-refractivity contribution < 1.29 is 14.0 Å². The van der Waals surface area contributed by atoms with E-state index in [1.54, 1.807) is 45.8 Å². The first-order valence-electron chi connectivity index (χ1n) is 9.34. The maximum absolute atomic E-state index is 13.0. The number of benzene rings is 1. The summed E-state index contributed by atoms with van der Waals surface area (Å²) in [5.41, 5.74) is 1.72. The number of amides is 2. The number of pyridine rings is 1. The summed E-state index contributed by atoms with van der Waals surface area (Å²) in [5, 5.41) is 2.83. The molecule has 0 spiro atoms. The van der Waals surface area contributed by atoms with Crippen molar-refractivity contribution in [3.05, 3.63) is 71.6 Å². The molecule has 2 aromatic heterocycles. The van der Waals surface area contributed by atoms with E-state index in [0.717, 1.165) is 5.56 Å². The van der Waals surface area contributed by atoms with E-state index in [4.69, 9.17) is 0 Å². The van der Waals surface area contributed by atoms with Gasteiger partial charge in [0.1, 0.15) is 5.82 Å². The van der Waals surface area contributed by atoms with Gasteiger partial charge in [-0.15, -0.1) is 0 Å². The smallest absolute Gasteiger partial charge is 0.290 e. The van der Waals surface area contributed by atoms with Gasteiger partial charge in [0.15, 0.2) is 5.69 Å². The van der Waals surface area contributed by atoms with E-state index in [9.17, 15) is 14.0 Å². The Kier molecular flexibility index (Phi) is 6.03. The van der Waals surface area contributed by atoms with Crippen molar-refractivity contribution in [2.75, 3.05) is 19.6 Å². The van der Waals surface area contributed by atoms with E-state index in [-0.39, 0.29) is 29.1 Å². The lowest BCUT2D eigenvalue weighted by Crippen LogP contribution is -2.32. The molecule has 1 N–H and O–H groups in total. The van der Waals surface area contributed by atoms with Crippen LogP contribution in [0.1, 0.15) is 40.5 Å². The monoisotopic (exact) mass is 382 g/mol. The predicted molar refractivity (Wildman–Crippen MR) is 105 cm³/mol. The van der Waals surface area contributed by atoms with E-state index in [0.29, 0.717) is 31.6 Å². The highest BCUT2D eigenvalue weighted by atomic mass is 19.1. The van der Waals surface area contributed by atoms with Crippen LogP contribution in [0, 0.1) is 5.82 Å². The zero-order valence-electron chi connectivity index (χ0n) is 16.0. The van der Waals surface area contributed by atoms with Crippen LogP contribution in [-0.4, -0.2) is 45.7 Å². The zero-order valence-corrected chi connectivity index (χ0v) is 16.0. The van der Waals surface area contributed by atoms with E-state index in [1.165, 1.54) is 12.1 Å². The molecule has 28 heavy (non-hydrogen) atoms. The number of halogens is 1. The molecule has 3 rings (SSSR count). The lowest BCUT2D eigenvalue weighted by atomic mass is 10.1. The Morgan fingerprint density at radius 1 is 1.11 bits per heavy atom. The molecule has 0 bridgehead atoms. The Morgan fingerprint density at radius 3 is 2.50 bits per heavy atom. The number of carbonyl (C=O) groups is 2. The number of nitrogens with zero attached hydrogens (tertiary/aromatic N) is 3. The summed E-state index contributed by atoms with van der Waals surface area (Å²) < 4.78 is 14.6. The van der Waals surface area contributed by atoms with Gasteiger partial charge in [-0.3, -0.25) is 14.0 Å². The summed E-state index contributed by atoms with van der Waals surface area (Å²) in [4.78, 5) is 31.5. The van der Waals surface area contributed by atoms with E-state index in [2.05, 4.69) is 10.3 Å². The molecule has 2 heterocycles. The number of rotatable bonds is 7. The van der Waals surface area contributed by atoms with Crippen LogP contribution in [-0.2, 0) is 6.42 Å². The van der Waals surface area contributed by atoms with Gasteiger partial charge in [0, 0.05) is 25.8 Å². The lowest BCUT2D eigenvalue weighted by molar-refractivity contribution is 0.0760. The number of hydrogen-bond acceptors (Lipinski definition) is 3. The molecule has 0 unspecified atom stereocenters. The van der Waals surface area contributed by atoms with Gasteiger partial charge in [-0.2, -0.15) is 0 Å². The van der Waals surface area contributed by atoms with Crippen molar-refractivity contribution in [2.45, 2.75) is 20.3 Å². The van der Waals surface area contributed by atoms with Gasteiger partial charge in [-0.05, 0) is 50.1 Å². The Hall–Kier alpha value is -3.22. The van der Waals surface area contributed by atoms with Crippen LogP contribution in [0.15, 0.2) is 48.7 Å². The van der Waals surface area contributed by atoms with Crippen LogP contribution in [0.3, 0.4) is 0 Å². The molecule has 0 aliphatic carbocycles. The van der Waals surface area contributed by atoms with Gasteiger partial charge < -0.3 is 10.2 Å². The zero-order chi connectivity index (χ0) is 20.1. The molecule has 0 fully saturated rings. The fourth-order valence-electron chi connectivity index (χ4n) is 3.06. The summed E-state index contributed by atoms with van der Waals surface area (Å²) in [6, 6.07) is 11.5. The highest BCUT2D eigenvalue weighted by Gasteiger charge is 2.23. The molecular weight excluding hydrogens is 359 g/mol. The van der Waals surface area contributed by atoms with Crippen molar-refractivity contribution in [2.24, 2.45) is 0 Å². The van der Waals surface area contributed by atoms with Gasteiger partial charge in [0.05, 0.1) is 5.52 Å². The van der Waals surface area contributed by atoms with E-state index >= 15 is 0 Å². The van der Waals surface area contributed by atoms with Gasteiger partial charge >= 0.3 is 0 Å². The summed E-state index contributed by atoms with van der Waals surface area (Å²) >= 11 is 0. The Labute approximate surface area is 163 Å². The van der Waals surface area contributed by atoms with Crippen LogP contribution in [0.25, 0.3) is 5.52 Å². The van der Waals surface area contributed by atoms with Crippen molar-refractivity contribution in [3.8, 4) is 0 Å². The molecule has 1 aromatic carbocycles. The van der Waals surface area contributed by atoms with Crippen molar-refractivity contribution in [1.29, 1.82) is 0 Å². The molecule has 2 amide bonds. The van der Waals surface area contributed by atoms with Crippen molar-refractivity contribution in [1.82, 2.24) is 19.6 Å². The minimum absolute atomic E-state index is 0.212. The first kappa shape index (κ1) is 19.5. The summed E-state index contributed by atoms with van der Waals surface area (Å²) in [7, 11) is 0. The molecule has 0 radical (unpaired) electrons.